The average Bonchev–Trinajstić information content (AvgIpc) is 2.58. The largest absolute Gasteiger partial charge is 0.351 e. The number of amides is 1. The third kappa shape index (κ3) is 4.51. The Labute approximate surface area is 144 Å². The van der Waals surface area contributed by atoms with E-state index in [0.29, 0.717) is 17.7 Å². The number of aromatic nitrogens is 2. The third-order valence-corrected chi connectivity index (χ3v) is 4.46. The standard InChI is InChI=1S/C17H19BrN4O/c18-12-6-8-14(9-7-12)20-16(23)15-10-11-19-17(22-15)21-13-4-2-1-3-5-13/h6-11,13H,1-5H2,(H,20,23)(H,19,21,22). The highest BCUT2D eigenvalue weighted by molar-refractivity contribution is 9.10. The molecular formula is C17H19BrN4O. The van der Waals surface area contributed by atoms with E-state index in [1.165, 1.54) is 19.3 Å². The Bertz CT molecular complexity index is 669. The summed E-state index contributed by atoms with van der Waals surface area (Å²) in [6.07, 6.45) is 7.67. The van der Waals surface area contributed by atoms with E-state index < -0.39 is 0 Å². The molecule has 1 aliphatic carbocycles. The van der Waals surface area contributed by atoms with Gasteiger partial charge in [0.15, 0.2) is 0 Å². The van der Waals surface area contributed by atoms with Crippen molar-refractivity contribution in [2.24, 2.45) is 0 Å². The van der Waals surface area contributed by atoms with E-state index >= 15 is 0 Å². The molecule has 5 nitrogen and oxygen atoms in total. The Hall–Kier alpha value is -1.95. The number of carbonyl (C=O) groups is 1. The maximum atomic E-state index is 12.3. The smallest absolute Gasteiger partial charge is 0.274 e. The molecule has 0 unspecified atom stereocenters. The number of nitrogens with zero attached hydrogens (tertiary/aromatic N) is 2. The highest BCUT2D eigenvalue weighted by Gasteiger charge is 2.15. The fraction of sp³-hybridized carbons (Fsp3) is 0.353. The molecule has 1 aromatic heterocycles. The van der Waals surface area contributed by atoms with Crippen molar-refractivity contribution in [3.8, 4) is 0 Å². The summed E-state index contributed by atoms with van der Waals surface area (Å²) in [5, 5.41) is 6.18. The number of hydrogen-bond donors (Lipinski definition) is 2. The van der Waals surface area contributed by atoms with Gasteiger partial charge in [0.05, 0.1) is 0 Å². The Morgan fingerprint density at radius 3 is 2.57 bits per heavy atom. The number of hydrogen-bond acceptors (Lipinski definition) is 4. The molecule has 120 valence electrons. The summed E-state index contributed by atoms with van der Waals surface area (Å²) in [4.78, 5) is 20.9. The van der Waals surface area contributed by atoms with Crippen LogP contribution in [0.1, 0.15) is 42.6 Å². The average molecular weight is 375 g/mol. The van der Waals surface area contributed by atoms with Gasteiger partial charge in [-0.15, -0.1) is 0 Å². The first-order chi connectivity index (χ1) is 11.2. The third-order valence-electron chi connectivity index (χ3n) is 3.93. The molecule has 0 atom stereocenters. The van der Waals surface area contributed by atoms with Crippen LogP contribution in [0.4, 0.5) is 11.6 Å². The van der Waals surface area contributed by atoms with Gasteiger partial charge in [-0.3, -0.25) is 4.79 Å². The number of rotatable bonds is 4. The number of anilines is 2. The molecule has 0 aliphatic heterocycles. The second kappa shape index (κ2) is 7.55. The maximum absolute atomic E-state index is 12.3. The Kier molecular flexibility index (Phi) is 5.23. The van der Waals surface area contributed by atoms with E-state index in [-0.39, 0.29) is 5.91 Å². The fourth-order valence-corrected chi connectivity index (χ4v) is 2.98. The summed E-state index contributed by atoms with van der Waals surface area (Å²) in [5.41, 5.74) is 1.10. The number of halogens is 1. The zero-order chi connectivity index (χ0) is 16.1. The molecular weight excluding hydrogens is 356 g/mol. The Morgan fingerprint density at radius 1 is 1.09 bits per heavy atom. The molecule has 1 saturated carbocycles. The van der Waals surface area contributed by atoms with Crippen molar-refractivity contribution in [2.75, 3.05) is 10.6 Å². The quantitative estimate of drug-likeness (QED) is 0.839. The first kappa shape index (κ1) is 15.9. The minimum atomic E-state index is -0.235. The first-order valence-corrected chi connectivity index (χ1v) is 8.66. The van der Waals surface area contributed by atoms with Gasteiger partial charge in [-0.05, 0) is 43.2 Å². The predicted octanol–water partition coefficient (Wildman–Crippen LogP) is 4.24. The lowest BCUT2D eigenvalue weighted by atomic mass is 9.96. The van der Waals surface area contributed by atoms with Gasteiger partial charge in [0.1, 0.15) is 5.69 Å². The SMILES string of the molecule is O=C(Nc1ccc(Br)cc1)c1ccnc(NC2CCCCC2)n1. The maximum Gasteiger partial charge on any atom is 0.274 e. The Balaban J connectivity index is 1.66. The zero-order valence-corrected chi connectivity index (χ0v) is 14.3. The van der Waals surface area contributed by atoms with E-state index in [1.807, 2.05) is 24.3 Å². The molecule has 0 spiro atoms. The van der Waals surface area contributed by atoms with Crippen LogP contribution in [0, 0.1) is 0 Å². The van der Waals surface area contributed by atoms with Crippen LogP contribution >= 0.6 is 15.9 Å². The second-order valence-electron chi connectivity index (χ2n) is 5.71. The van der Waals surface area contributed by atoms with Gasteiger partial charge in [0, 0.05) is 22.4 Å². The van der Waals surface area contributed by atoms with E-state index in [2.05, 4.69) is 36.5 Å². The monoisotopic (exact) mass is 374 g/mol. The second-order valence-corrected chi connectivity index (χ2v) is 6.62. The van der Waals surface area contributed by atoms with Gasteiger partial charge in [0.2, 0.25) is 5.95 Å². The molecule has 2 N–H and O–H groups in total. The summed E-state index contributed by atoms with van der Waals surface area (Å²) in [7, 11) is 0. The summed E-state index contributed by atoms with van der Waals surface area (Å²) < 4.78 is 0.969. The molecule has 3 rings (SSSR count). The lowest BCUT2D eigenvalue weighted by Crippen LogP contribution is -2.24. The number of benzene rings is 1. The predicted molar refractivity (Wildman–Crippen MR) is 94.6 cm³/mol. The van der Waals surface area contributed by atoms with Crippen LogP contribution in [0.2, 0.25) is 0 Å². The minimum Gasteiger partial charge on any atom is -0.351 e. The van der Waals surface area contributed by atoms with Crippen LogP contribution in [-0.4, -0.2) is 21.9 Å². The molecule has 1 fully saturated rings. The van der Waals surface area contributed by atoms with Crippen LogP contribution in [0.3, 0.4) is 0 Å². The van der Waals surface area contributed by atoms with Crippen LogP contribution in [0.15, 0.2) is 41.0 Å². The van der Waals surface area contributed by atoms with E-state index in [4.69, 9.17) is 0 Å². The van der Waals surface area contributed by atoms with Crippen molar-refractivity contribution < 1.29 is 4.79 Å². The molecule has 1 heterocycles. The van der Waals surface area contributed by atoms with Crippen molar-refractivity contribution in [1.29, 1.82) is 0 Å². The lowest BCUT2D eigenvalue weighted by molar-refractivity contribution is 0.102. The molecule has 1 aliphatic rings. The summed E-state index contributed by atoms with van der Waals surface area (Å²) in [6.45, 7) is 0. The summed E-state index contributed by atoms with van der Waals surface area (Å²) >= 11 is 3.37. The van der Waals surface area contributed by atoms with Crippen LogP contribution < -0.4 is 10.6 Å². The number of nitrogens with one attached hydrogen (secondary N) is 2. The zero-order valence-electron chi connectivity index (χ0n) is 12.8. The highest BCUT2D eigenvalue weighted by atomic mass is 79.9. The molecule has 0 bridgehead atoms. The van der Waals surface area contributed by atoms with Gasteiger partial charge >= 0.3 is 0 Å². The molecule has 6 heteroatoms. The van der Waals surface area contributed by atoms with Gasteiger partial charge in [-0.25, -0.2) is 9.97 Å². The highest BCUT2D eigenvalue weighted by Crippen LogP contribution is 2.20. The molecule has 23 heavy (non-hydrogen) atoms. The molecule has 1 aromatic carbocycles. The van der Waals surface area contributed by atoms with Crippen molar-refractivity contribution in [3.05, 3.63) is 46.7 Å². The molecule has 0 saturated heterocycles. The van der Waals surface area contributed by atoms with E-state index in [1.54, 1.807) is 12.3 Å². The first-order valence-electron chi connectivity index (χ1n) is 7.87. The minimum absolute atomic E-state index is 0.235. The Morgan fingerprint density at radius 2 is 1.83 bits per heavy atom. The molecule has 1 amide bonds. The van der Waals surface area contributed by atoms with E-state index in [0.717, 1.165) is 23.0 Å². The van der Waals surface area contributed by atoms with Gasteiger partial charge in [-0.1, -0.05) is 35.2 Å². The van der Waals surface area contributed by atoms with E-state index in [9.17, 15) is 4.79 Å². The summed E-state index contributed by atoms with van der Waals surface area (Å²) in [6, 6.07) is 9.47. The van der Waals surface area contributed by atoms with Crippen molar-refractivity contribution in [2.45, 2.75) is 38.1 Å². The van der Waals surface area contributed by atoms with Crippen molar-refractivity contribution in [3.63, 3.8) is 0 Å². The van der Waals surface area contributed by atoms with Crippen molar-refractivity contribution >= 4 is 33.5 Å². The lowest BCUT2D eigenvalue weighted by Gasteiger charge is -2.22. The number of carbonyl (C=O) groups excluding carboxylic acids is 1. The summed E-state index contributed by atoms with van der Waals surface area (Å²) in [5.74, 6) is 0.293. The van der Waals surface area contributed by atoms with Crippen LogP contribution in [0.5, 0.6) is 0 Å². The fourth-order valence-electron chi connectivity index (χ4n) is 2.71. The van der Waals surface area contributed by atoms with Gasteiger partial charge in [0.25, 0.3) is 5.91 Å². The van der Waals surface area contributed by atoms with Crippen LogP contribution in [-0.2, 0) is 0 Å². The van der Waals surface area contributed by atoms with Crippen LogP contribution in [0.25, 0.3) is 0 Å². The van der Waals surface area contributed by atoms with Gasteiger partial charge in [-0.2, -0.15) is 0 Å². The van der Waals surface area contributed by atoms with Gasteiger partial charge < -0.3 is 10.6 Å². The normalized spacial score (nSPS) is 15.2. The molecule has 2 aromatic rings. The molecule has 0 radical (unpaired) electrons. The topological polar surface area (TPSA) is 66.9 Å². The van der Waals surface area contributed by atoms with Crippen molar-refractivity contribution in [1.82, 2.24) is 9.97 Å².